The number of sulfonamides is 1. The van der Waals surface area contributed by atoms with E-state index in [4.69, 9.17) is 0 Å². The third-order valence-electron chi connectivity index (χ3n) is 3.76. The largest absolute Gasteiger partial charge is 0.342 e. The molecule has 112 valence electrons. The summed E-state index contributed by atoms with van der Waals surface area (Å²) in [4.78, 5) is 15.1. The highest BCUT2D eigenvalue weighted by Crippen LogP contribution is 2.19. The van der Waals surface area contributed by atoms with E-state index in [-0.39, 0.29) is 11.9 Å². The van der Waals surface area contributed by atoms with E-state index in [0.717, 1.165) is 4.88 Å². The van der Waals surface area contributed by atoms with Crippen LogP contribution in [0.2, 0.25) is 0 Å². The first kappa shape index (κ1) is 15.5. The number of carbonyl (C=O) groups excluding carboxylic acids is 1. The Bertz CT molecular complexity index is 546. The minimum Gasteiger partial charge on any atom is -0.342 e. The van der Waals surface area contributed by atoms with E-state index in [1.54, 1.807) is 18.4 Å². The predicted molar refractivity (Wildman–Crippen MR) is 80.2 cm³/mol. The predicted octanol–water partition coefficient (Wildman–Crippen LogP) is 1.17. The first-order valence-electron chi connectivity index (χ1n) is 6.61. The Kier molecular flexibility index (Phi) is 4.82. The van der Waals surface area contributed by atoms with Crippen molar-refractivity contribution >= 4 is 27.3 Å². The number of likely N-dealkylation sites (tertiary alicyclic amines) is 1. The van der Waals surface area contributed by atoms with Crippen LogP contribution < -0.4 is 0 Å². The molecule has 0 aromatic carbocycles. The van der Waals surface area contributed by atoms with Crippen molar-refractivity contribution in [3.05, 3.63) is 22.4 Å². The maximum absolute atomic E-state index is 12.1. The van der Waals surface area contributed by atoms with Crippen molar-refractivity contribution < 1.29 is 13.2 Å². The number of amides is 1. The van der Waals surface area contributed by atoms with Crippen molar-refractivity contribution in [2.45, 2.75) is 25.3 Å². The normalized spacial score (nSPS) is 17.6. The van der Waals surface area contributed by atoms with E-state index in [0.29, 0.717) is 32.4 Å². The van der Waals surface area contributed by atoms with Gasteiger partial charge in [-0.25, -0.2) is 12.7 Å². The molecule has 1 fully saturated rings. The molecule has 1 aromatic heterocycles. The molecule has 0 bridgehead atoms. The zero-order valence-corrected chi connectivity index (χ0v) is 13.4. The zero-order valence-electron chi connectivity index (χ0n) is 11.8. The number of hydrogen-bond acceptors (Lipinski definition) is 4. The first-order valence-corrected chi connectivity index (χ1v) is 9.34. The van der Waals surface area contributed by atoms with Crippen LogP contribution in [0.25, 0.3) is 0 Å². The summed E-state index contributed by atoms with van der Waals surface area (Å²) in [5.41, 5.74) is 0. The van der Waals surface area contributed by atoms with Crippen molar-refractivity contribution in [2.24, 2.45) is 0 Å². The summed E-state index contributed by atoms with van der Waals surface area (Å²) in [7, 11) is -1.54. The fourth-order valence-corrected chi connectivity index (χ4v) is 3.87. The van der Waals surface area contributed by atoms with E-state index in [1.807, 2.05) is 22.4 Å². The lowest BCUT2D eigenvalue weighted by Gasteiger charge is -2.35. The van der Waals surface area contributed by atoms with Gasteiger partial charge in [-0.2, -0.15) is 0 Å². The van der Waals surface area contributed by atoms with Gasteiger partial charge in [0.25, 0.3) is 0 Å². The Morgan fingerprint density at radius 3 is 2.60 bits per heavy atom. The minimum atomic E-state index is -3.15. The Morgan fingerprint density at radius 1 is 1.45 bits per heavy atom. The summed E-state index contributed by atoms with van der Waals surface area (Å²) in [5, 5.41) is 1.97. The fraction of sp³-hybridized carbons (Fsp3) is 0.615. The van der Waals surface area contributed by atoms with Crippen LogP contribution in [0.15, 0.2) is 17.5 Å². The lowest BCUT2D eigenvalue weighted by molar-refractivity contribution is -0.131. The second kappa shape index (κ2) is 6.24. The van der Waals surface area contributed by atoms with Gasteiger partial charge in [-0.15, -0.1) is 11.3 Å². The molecule has 0 aliphatic carbocycles. The van der Waals surface area contributed by atoms with Crippen LogP contribution in [0.4, 0.5) is 0 Å². The van der Waals surface area contributed by atoms with Crippen molar-refractivity contribution in [3.63, 3.8) is 0 Å². The van der Waals surface area contributed by atoms with Gasteiger partial charge in [-0.1, -0.05) is 6.07 Å². The van der Waals surface area contributed by atoms with E-state index < -0.39 is 10.0 Å². The molecule has 0 saturated carbocycles. The third-order valence-corrected chi connectivity index (χ3v) is 5.98. The van der Waals surface area contributed by atoms with Gasteiger partial charge in [-0.3, -0.25) is 4.79 Å². The second-order valence-electron chi connectivity index (χ2n) is 5.15. The molecule has 1 amide bonds. The lowest BCUT2D eigenvalue weighted by atomic mass is 10.0. The maximum atomic E-state index is 12.1. The van der Waals surface area contributed by atoms with Crippen LogP contribution in [0.3, 0.4) is 0 Å². The van der Waals surface area contributed by atoms with Crippen LogP contribution in [-0.4, -0.2) is 56.0 Å². The SMILES string of the molecule is CN(C1CCN(C(=O)Cc2cccs2)CC1)S(C)(=O)=O. The molecule has 0 spiro atoms. The molecule has 2 heterocycles. The first-order chi connectivity index (χ1) is 9.38. The van der Waals surface area contributed by atoms with E-state index in [9.17, 15) is 13.2 Å². The standard InChI is InChI=1S/C13H20N2O3S2/c1-14(20(2,17)18)11-5-7-15(8-6-11)13(16)10-12-4-3-9-19-12/h3-4,9,11H,5-8,10H2,1-2H3. The van der Waals surface area contributed by atoms with Gasteiger partial charge in [0.05, 0.1) is 12.7 Å². The monoisotopic (exact) mass is 316 g/mol. The Balaban J connectivity index is 1.86. The molecule has 0 radical (unpaired) electrons. The fourth-order valence-electron chi connectivity index (χ4n) is 2.42. The summed E-state index contributed by atoms with van der Waals surface area (Å²) in [6.07, 6.45) is 3.09. The molecule has 20 heavy (non-hydrogen) atoms. The quantitative estimate of drug-likeness (QED) is 0.838. The summed E-state index contributed by atoms with van der Waals surface area (Å²) in [6.45, 7) is 1.27. The zero-order chi connectivity index (χ0) is 14.8. The molecule has 0 N–H and O–H groups in total. The Labute approximate surface area is 124 Å². The molecular weight excluding hydrogens is 296 g/mol. The third kappa shape index (κ3) is 3.80. The summed E-state index contributed by atoms with van der Waals surface area (Å²) in [6, 6.07) is 3.92. The van der Waals surface area contributed by atoms with Gasteiger partial charge < -0.3 is 4.90 Å². The van der Waals surface area contributed by atoms with Crippen LogP contribution in [0, 0.1) is 0 Å². The molecule has 7 heteroatoms. The summed E-state index contributed by atoms with van der Waals surface area (Å²) >= 11 is 1.59. The topological polar surface area (TPSA) is 57.7 Å². The maximum Gasteiger partial charge on any atom is 0.227 e. The molecule has 5 nitrogen and oxygen atoms in total. The minimum absolute atomic E-state index is 0.00999. The number of carbonyl (C=O) groups is 1. The Hall–Kier alpha value is -0.920. The van der Waals surface area contributed by atoms with E-state index >= 15 is 0 Å². The van der Waals surface area contributed by atoms with Gasteiger partial charge in [0.15, 0.2) is 0 Å². The number of piperidine rings is 1. The number of nitrogens with zero attached hydrogens (tertiary/aromatic N) is 2. The molecule has 0 atom stereocenters. The van der Waals surface area contributed by atoms with Crippen molar-refractivity contribution in [3.8, 4) is 0 Å². The van der Waals surface area contributed by atoms with Gasteiger partial charge >= 0.3 is 0 Å². The molecule has 1 aromatic rings. The number of thiophene rings is 1. The highest BCUT2D eigenvalue weighted by atomic mass is 32.2. The second-order valence-corrected chi connectivity index (χ2v) is 8.22. The number of hydrogen-bond donors (Lipinski definition) is 0. The van der Waals surface area contributed by atoms with Crippen molar-refractivity contribution in [1.29, 1.82) is 0 Å². The molecule has 1 aliphatic rings. The highest BCUT2D eigenvalue weighted by molar-refractivity contribution is 7.88. The summed E-state index contributed by atoms with van der Waals surface area (Å²) in [5.74, 6) is 0.132. The van der Waals surface area contributed by atoms with Gasteiger partial charge in [0.1, 0.15) is 0 Å². The highest BCUT2D eigenvalue weighted by Gasteiger charge is 2.28. The smallest absolute Gasteiger partial charge is 0.227 e. The molecule has 1 saturated heterocycles. The van der Waals surface area contributed by atoms with Crippen LogP contribution in [0.1, 0.15) is 17.7 Å². The van der Waals surface area contributed by atoms with Gasteiger partial charge in [0.2, 0.25) is 15.9 Å². The van der Waals surface area contributed by atoms with E-state index in [2.05, 4.69) is 0 Å². The molecule has 0 unspecified atom stereocenters. The van der Waals surface area contributed by atoms with Gasteiger partial charge in [-0.05, 0) is 24.3 Å². The van der Waals surface area contributed by atoms with E-state index in [1.165, 1.54) is 10.6 Å². The van der Waals surface area contributed by atoms with Gasteiger partial charge in [0, 0.05) is 31.1 Å². The molecular formula is C13H20N2O3S2. The number of rotatable bonds is 4. The van der Waals surface area contributed by atoms with Crippen molar-refractivity contribution in [2.75, 3.05) is 26.4 Å². The van der Waals surface area contributed by atoms with Crippen molar-refractivity contribution in [1.82, 2.24) is 9.21 Å². The average Bonchev–Trinajstić information content (AvgIpc) is 2.90. The van der Waals surface area contributed by atoms with Crippen LogP contribution in [0.5, 0.6) is 0 Å². The molecule has 1 aliphatic heterocycles. The summed E-state index contributed by atoms with van der Waals surface area (Å²) < 4.78 is 24.4. The van der Waals surface area contributed by atoms with Crippen LogP contribution >= 0.6 is 11.3 Å². The Morgan fingerprint density at radius 2 is 2.10 bits per heavy atom. The molecule has 2 rings (SSSR count). The average molecular weight is 316 g/mol. The van der Waals surface area contributed by atoms with Crippen LogP contribution in [-0.2, 0) is 21.2 Å². The lowest BCUT2D eigenvalue weighted by Crippen LogP contribution is -2.47.